The van der Waals surface area contributed by atoms with Gasteiger partial charge >= 0.3 is 18.1 Å². The van der Waals surface area contributed by atoms with Gasteiger partial charge in [-0.15, -0.1) is 0 Å². The summed E-state index contributed by atoms with van der Waals surface area (Å²) in [6, 6.07) is 12.6. The Morgan fingerprint density at radius 2 is 1.67 bits per heavy atom. The van der Waals surface area contributed by atoms with E-state index in [2.05, 4.69) is 0 Å². The number of methoxy groups -OCH3 is 2. The Morgan fingerprint density at radius 3 is 2.17 bits per heavy atom. The van der Waals surface area contributed by atoms with Crippen LogP contribution in [0.15, 0.2) is 65.1 Å². The Bertz CT molecular complexity index is 1390. The van der Waals surface area contributed by atoms with Gasteiger partial charge in [0.25, 0.3) is 0 Å². The first-order chi connectivity index (χ1) is 17.0. The second-order valence-electron chi connectivity index (χ2n) is 7.30. The van der Waals surface area contributed by atoms with E-state index in [0.29, 0.717) is 17.7 Å². The summed E-state index contributed by atoms with van der Waals surface area (Å²) in [7, 11) is 2.04. The zero-order valence-corrected chi connectivity index (χ0v) is 19.4. The third-order valence-electron chi connectivity index (χ3n) is 5.35. The molecule has 0 aliphatic carbocycles. The van der Waals surface area contributed by atoms with Gasteiger partial charge in [0, 0.05) is 0 Å². The van der Waals surface area contributed by atoms with E-state index in [0.717, 1.165) is 19.1 Å². The van der Waals surface area contributed by atoms with Crippen LogP contribution in [-0.4, -0.2) is 26.2 Å². The number of ether oxygens (including phenoxy) is 2. The van der Waals surface area contributed by atoms with Crippen molar-refractivity contribution in [3.63, 3.8) is 0 Å². The third-order valence-corrected chi connectivity index (χ3v) is 5.63. The van der Waals surface area contributed by atoms with Crippen LogP contribution in [0.3, 0.4) is 0 Å². The summed E-state index contributed by atoms with van der Waals surface area (Å²) in [4.78, 5) is 26.8. The van der Waals surface area contributed by atoms with Crippen LogP contribution in [0.2, 0.25) is 5.02 Å². The third kappa shape index (κ3) is 4.44. The van der Waals surface area contributed by atoms with Gasteiger partial charge < -0.3 is 15.2 Å². The summed E-state index contributed by atoms with van der Waals surface area (Å²) in [5, 5.41) is 19.0. The Morgan fingerprint density at radius 1 is 1.06 bits per heavy atom. The van der Waals surface area contributed by atoms with Crippen LogP contribution in [0.25, 0.3) is 0 Å². The average molecular weight is 517 g/mol. The highest BCUT2D eigenvalue weighted by Crippen LogP contribution is 2.46. The van der Waals surface area contributed by atoms with Gasteiger partial charge in [-0.3, -0.25) is 4.90 Å². The van der Waals surface area contributed by atoms with Crippen LogP contribution < -0.4 is 10.6 Å². The van der Waals surface area contributed by atoms with Crippen LogP contribution >= 0.6 is 11.6 Å². The number of halogens is 4. The van der Waals surface area contributed by atoms with E-state index in [4.69, 9.17) is 26.8 Å². The average Bonchev–Trinajstić information content (AvgIpc) is 2.86. The molecule has 2 aromatic rings. The summed E-state index contributed by atoms with van der Waals surface area (Å²) in [5.74, 6) is -3.84. The first kappa shape index (κ1) is 26.1. The molecule has 184 valence electrons. The van der Waals surface area contributed by atoms with Crippen molar-refractivity contribution in [1.82, 2.24) is 0 Å². The van der Waals surface area contributed by atoms with Gasteiger partial charge in [-0.25, -0.2) is 9.59 Å². The summed E-state index contributed by atoms with van der Waals surface area (Å²) in [6.45, 7) is 0. The largest absolute Gasteiger partial charge is 0.466 e. The van der Waals surface area contributed by atoms with Crippen LogP contribution in [0.5, 0.6) is 0 Å². The van der Waals surface area contributed by atoms with Crippen LogP contribution in [0, 0.1) is 22.7 Å². The molecule has 2 aromatic carbocycles. The Labute approximate surface area is 208 Å². The molecule has 0 fully saturated rings. The fourth-order valence-corrected chi connectivity index (χ4v) is 4.12. The molecule has 12 heteroatoms. The predicted octanol–water partition coefficient (Wildman–Crippen LogP) is 4.13. The molecule has 0 radical (unpaired) electrons. The molecule has 36 heavy (non-hydrogen) atoms. The standard InChI is InChI=1S/C24H16ClF3N4O4/c1-35-22(33)18-17(12-6-4-3-5-7-12)15(11-30)21(31)32(20(18)23(34)36-2)19-13(10-29)8-14(9-16(19)25)24(26,27)28/h3-9,17H,31H2,1-2H3. The van der Waals surface area contributed by atoms with E-state index in [1.54, 1.807) is 36.4 Å². The lowest BCUT2D eigenvalue weighted by atomic mass is 9.80. The summed E-state index contributed by atoms with van der Waals surface area (Å²) in [5.41, 5.74) is 3.17. The second-order valence-corrected chi connectivity index (χ2v) is 7.71. The van der Waals surface area contributed by atoms with Gasteiger partial charge in [-0.05, 0) is 17.7 Å². The number of rotatable bonds is 4. The SMILES string of the molecule is COC(=O)C1=C(C(=O)OC)N(c2c(Cl)cc(C(F)(F)F)cc2C#N)C(N)=C(C#N)C1c1ccccc1. The number of esters is 2. The minimum absolute atomic E-state index is 0.242. The Balaban J connectivity index is 2.50. The molecule has 0 spiro atoms. The molecular formula is C24H16ClF3N4O4. The molecule has 8 nitrogen and oxygen atoms in total. The number of nitrogens with zero attached hydrogens (tertiary/aromatic N) is 3. The zero-order valence-electron chi connectivity index (χ0n) is 18.7. The fourth-order valence-electron chi connectivity index (χ4n) is 3.82. The van der Waals surface area contributed by atoms with Crippen molar-refractivity contribution in [3.05, 3.63) is 86.8 Å². The number of carbonyl (C=O) groups excluding carboxylic acids is 2. The molecule has 0 saturated heterocycles. The molecule has 3 rings (SSSR count). The van der Waals surface area contributed by atoms with Gasteiger partial charge in [-0.2, -0.15) is 23.7 Å². The lowest BCUT2D eigenvalue weighted by Crippen LogP contribution is -2.41. The van der Waals surface area contributed by atoms with Crippen LogP contribution in [0.1, 0.15) is 22.6 Å². The van der Waals surface area contributed by atoms with Crippen molar-refractivity contribution < 1.29 is 32.2 Å². The molecule has 0 aromatic heterocycles. The molecule has 0 saturated carbocycles. The van der Waals surface area contributed by atoms with Crippen molar-refractivity contribution in [1.29, 1.82) is 10.5 Å². The number of benzene rings is 2. The van der Waals surface area contributed by atoms with E-state index in [-0.39, 0.29) is 11.1 Å². The Hall–Kier alpha value is -4.48. The maximum absolute atomic E-state index is 13.4. The molecule has 1 aliphatic heterocycles. The maximum atomic E-state index is 13.4. The van der Waals surface area contributed by atoms with E-state index in [1.165, 1.54) is 0 Å². The van der Waals surface area contributed by atoms with Crippen molar-refractivity contribution in [2.45, 2.75) is 12.1 Å². The normalized spacial score (nSPS) is 15.8. The summed E-state index contributed by atoms with van der Waals surface area (Å²) in [6.07, 6.45) is -4.84. The Kier molecular flexibility index (Phi) is 7.27. The van der Waals surface area contributed by atoms with Gasteiger partial charge in [0.2, 0.25) is 0 Å². The minimum Gasteiger partial charge on any atom is -0.466 e. The topological polar surface area (TPSA) is 129 Å². The number of nitriles is 2. The molecule has 0 bridgehead atoms. The highest BCUT2D eigenvalue weighted by molar-refractivity contribution is 6.34. The molecule has 1 aliphatic rings. The molecule has 1 heterocycles. The number of hydrogen-bond acceptors (Lipinski definition) is 8. The van der Waals surface area contributed by atoms with Crippen molar-refractivity contribution in [2.24, 2.45) is 5.73 Å². The first-order valence-corrected chi connectivity index (χ1v) is 10.4. The zero-order chi connectivity index (χ0) is 26.8. The molecule has 1 unspecified atom stereocenters. The number of carbonyl (C=O) groups is 2. The number of allylic oxidation sites excluding steroid dienone is 1. The number of hydrogen-bond donors (Lipinski definition) is 1. The van der Waals surface area contributed by atoms with Gasteiger partial charge in [0.15, 0.2) is 0 Å². The van der Waals surface area contributed by atoms with E-state index in [1.807, 2.05) is 6.07 Å². The van der Waals surface area contributed by atoms with Crippen molar-refractivity contribution in [2.75, 3.05) is 19.1 Å². The molecule has 2 N–H and O–H groups in total. The number of anilines is 1. The van der Waals surface area contributed by atoms with Crippen molar-refractivity contribution >= 4 is 29.2 Å². The fraction of sp³-hybridized carbons (Fsp3) is 0.167. The van der Waals surface area contributed by atoms with Crippen molar-refractivity contribution in [3.8, 4) is 12.1 Å². The van der Waals surface area contributed by atoms with E-state index >= 15 is 0 Å². The molecule has 1 atom stereocenters. The van der Waals surface area contributed by atoms with E-state index < -0.39 is 57.4 Å². The lowest BCUT2D eigenvalue weighted by Gasteiger charge is -2.36. The molecular weight excluding hydrogens is 501 g/mol. The van der Waals surface area contributed by atoms with Crippen LogP contribution in [-0.2, 0) is 25.2 Å². The van der Waals surface area contributed by atoms with Gasteiger partial charge in [0.1, 0.15) is 17.6 Å². The van der Waals surface area contributed by atoms with E-state index in [9.17, 15) is 33.3 Å². The molecule has 0 amide bonds. The smallest absolute Gasteiger partial charge is 0.416 e. The van der Waals surface area contributed by atoms with Gasteiger partial charge in [-0.1, -0.05) is 41.9 Å². The summed E-state index contributed by atoms with van der Waals surface area (Å²) >= 11 is 6.19. The monoisotopic (exact) mass is 516 g/mol. The number of nitrogens with two attached hydrogens (primary N) is 1. The minimum atomic E-state index is -4.84. The highest BCUT2D eigenvalue weighted by Gasteiger charge is 2.44. The first-order valence-electron chi connectivity index (χ1n) is 9.98. The quantitative estimate of drug-likeness (QED) is 0.600. The second kappa shape index (κ2) is 10.0. The van der Waals surface area contributed by atoms with Crippen LogP contribution in [0.4, 0.5) is 18.9 Å². The number of alkyl halides is 3. The highest BCUT2D eigenvalue weighted by atomic mass is 35.5. The lowest BCUT2D eigenvalue weighted by molar-refractivity contribution is -0.139. The van der Waals surface area contributed by atoms with Gasteiger partial charge in [0.05, 0.1) is 59.2 Å². The predicted molar refractivity (Wildman–Crippen MR) is 121 cm³/mol. The maximum Gasteiger partial charge on any atom is 0.416 e. The summed E-state index contributed by atoms with van der Waals surface area (Å²) < 4.78 is 49.8.